The lowest BCUT2D eigenvalue weighted by Crippen LogP contribution is -2.41. The molecule has 6 N–H and O–H groups in total. The Morgan fingerprint density at radius 1 is 1.42 bits per heavy atom. The van der Waals surface area contributed by atoms with E-state index >= 15 is 0 Å². The van der Waals surface area contributed by atoms with E-state index in [0.29, 0.717) is 48.1 Å². The number of aromatic nitrogens is 1. The fourth-order valence-electron chi connectivity index (χ4n) is 3.83. The monoisotopic (exact) mass is 446 g/mol. The number of benzene rings is 1. The summed E-state index contributed by atoms with van der Waals surface area (Å²) in [5.74, 6) is 1.32. The number of fused-ring (bicyclic) bond motifs is 1. The zero-order valence-electron chi connectivity index (χ0n) is 17.1. The minimum Gasteiger partial charge on any atom is -0.492 e. The van der Waals surface area contributed by atoms with Gasteiger partial charge in [-0.3, -0.25) is 18.6 Å². The Labute approximate surface area is 182 Å². The van der Waals surface area contributed by atoms with Gasteiger partial charge >= 0.3 is 0 Å². The third-order valence-electron chi connectivity index (χ3n) is 5.30. The second kappa shape index (κ2) is 8.61. The first-order chi connectivity index (χ1) is 14.9. The van der Waals surface area contributed by atoms with E-state index in [2.05, 4.69) is 19.4 Å². The van der Waals surface area contributed by atoms with Crippen molar-refractivity contribution in [3.63, 3.8) is 0 Å². The molecule has 2 aliphatic heterocycles. The molecular formula is C20H26N6O4S. The summed E-state index contributed by atoms with van der Waals surface area (Å²) in [6, 6.07) is 8.67. The summed E-state index contributed by atoms with van der Waals surface area (Å²) in [4.78, 5) is 18.9. The predicted octanol–water partition coefficient (Wildman–Crippen LogP) is 2.77. The fourth-order valence-corrected chi connectivity index (χ4v) is 4.71. The van der Waals surface area contributed by atoms with Crippen molar-refractivity contribution in [2.75, 3.05) is 36.8 Å². The van der Waals surface area contributed by atoms with Gasteiger partial charge in [-0.25, -0.2) is 4.98 Å². The first kappa shape index (κ1) is 21.2. The number of nitrogens with one attached hydrogen (secondary N) is 2. The number of pyridine rings is 1. The van der Waals surface area contributed by atoms with Crippen LogP contribution in [-0.4, -0.2) is 57.5 Å². The lowest BCUT2D eigenvalue weighted by Gasteiger charge is -2.34. The Hall–Kier alpha value is -3.02. The molecule has 3 heterocycles. The Morgan fingerprint density at radius 3 is 3.06 bits per heavy atom. The molecule has 1 saturated heterocycles. The van der Waals surface area contributed by atoms with Gasteiger partial charge in [-0.15, -0.1) is 4.40 Å². The zero-order chi connectivity index (χ0) is 22.0. The van der Waals surface area contributed by atoms with Crippen LogP contribution < -0.4 is 20.5 Å². The SMILES string of the molecule is CNc1cc(C(=O)N2CCC[C@H](COc3cccc4c3C(N)=NS(O)(O)N4)C2)ccn1. The number of nitrogens with two attached hydrogens (primary N) is 1. The number of likely N-dealkylation sites (tertiary alicyclic amines) is 1. The molecular weight excluding hydrogens is 420 g/mol. The van der Waals surface area contributed by atoms with Gasteiger partial charge in [0.2, 0.25) is 0 Å². The van der Waals surface area contributed by atoms with Crippen LogP contribution in [0.3, 0.4) is 0 Å². The van der Waals surface area contributed by atoms with E-state index in [1.165, 1.54) is 0 Å². The largest absolute Gasteiger partial charge is 0.492 e. The van der Waals surface area contributed by atoms with Gasteiger partial charge in [0.15, 0.2) is 5.84 Å². The molecule has 0 spiro atoms. The summed E-state index contributed by atoms with van der Waals surface area (Å²) in [5.41, 5.74) is 7.52. The number of nitrogens with zero attached hydrogens (tertiary/aromatic N) is 3. The number of hydrogen-bond acceptors (Lipinski definition) is 9. The minimum absolute atomic E-state index is 0.0165. The third kappa shape index (κ3) is 4.68. The van der Waals surface area contributed by atoms with Crippen molar-refractivity contribution in [2.24, 2.45) is 16.0 Å². The van der Waals surface area contributed by atoms with Gasteiger partial charge < -0.3 is 20.7 Å². The van der Waals surface area contributed by atoms with E-state index in [-0.39, 0.29) is 17.7 Å². The smallest absolute Gasteiger partial charge is 0.254 e. The molecule has 1 atom stereocenters. The Balaban J connectivity index is 1.43. The number of hydrogen-bond donors (Lipinski definition) is 5. The van der Waals surface area contributed by atoms with Crippen LogP contribution in [0.25, 0.3) is 0 Å². The number of piperidine rings is 1. The van der Waals surface area contributed by atoms with E-state index in [0.717, 1.165) is 12.8 Å². The van der Waals surface area contributed by atoms with Crippen LogP contribution >= 0.6 is 11.0 Å². The van der Waals surface area contributed by atoms with Gasteiger partial charge in [-0.1, -0.05) is 6.07 Å². The molecule has 1 aromatic heterocycles. The first-order valence-electron chi connectivity index (χ1n) is 9.97. The topological polar surface area (TPSA) is 145 Å². The highest BCUT2D eigenvalue weighted by atomic mass is 32.3. The average molecular weight is 447 g/mol. The Kier molecular flexibility index (Phi) is 5.90. The minimum atomic E-state index is -3.34. The van der Waals surface area contributed by atoms with Gasteiger partial charge in [0.25, 0.3) is 5.91 Å². The van der Waals surface area contributed by atoms with Crippen LogP contribution in [0.5, 0.6) is 5.75 Å². The number of carbonyl (C=O) groups is 1. The Bertz CT molecular complexity index is 1010. The maximum absolute atomic E-state index is 12.9. The van der Waals surface area contributed by atoms with E-state index in [4.69, 9.17) is 10.5 Å². The summed E-state index contributed by atoms with van der Waals surface area (Å²) in [6.45, 7) is 1.70. The molecule has 1 amide bonds. The van der Waals surface area contributed by atoms with Gasteiger partial charge in [-0.2, -0.15) is 0 Å². The summed E-state index contributed by atoms with van der Waals surface area (Å²) in [6.07, 6.45) is 3.46. The molecule has 2 aromatic rings. The molecule has 1 aromatic carbocycles. The third-order valence-corrected chi connectivity index (χ3v) is 6.24. The number of carbonyl (C=O) groups excluding carboxylic acids is 1. The zero-order valence-corrected chi connectivity index (χ0v) is 17.9. The maximum Gasteiger partial charge on any atom is 0.254 e. The van der Waals surface area contributed by atoms with E-state index in [1.807, 2.05) is 4.90 Å². The molecule has 4 rings (SSSR count). The van der Waals surface area contributed by atoms with Crippen LogP contribution in [0.1, 0.15) is 28.8 Å². The molecule has 0 radical (unpaired) electrons. The van der Waals surface area contributed by atoms with Gasteiger partial charge in [0.05, 0.1) is 17.9 Å². The van der Waals surface area contributed by atoms with Crippen LogP contribution in [0.4, 0.5) is 11.5 Å². The van der Waals surface area contributed by atoms with Crippen molar-refractivity contribution < 1.29 is 18.6 Å². The van der Waals surface area contributed by atoms with E-state index in [9.17, 15) is 13.9 Å². The standard InChI is InChI=1S/C20H26N6O4S/c1-22-17-10-14(7-8-23-17)20(27)26-9-3-4-13(11-26)12-30-16-6-2-5-15-18(16)19(21)25-31(28,29)24-15/h2,5-8,10,13,24,28-29H,3-4,9,11-12H2,1H3,(H2,21,25)(H,22,23)/t13-/m0/s1. The first-order valence-corrected chi connectivity index (χ1v) is 11.5. The highest BCUT2D eigenvalue weighted by Gasteiger charge is 2.28. The van der Waals surface area contributed by atoms with Crippen LogP contribution in [-0.2, 0) is 0 Å². The molecule has 166 valence electrons. The molecule has 0 bridgehead atoms. The summed E-state index contributed by atoms with van der Waals surface area (Å²) >= 11 is 0. The highest BCUT2D eigenvalue weighted by Crippen LogP contribution is 2.46. The second-order valence-electron chi connectivity index (χ2n) is 7.53. The lowest BCUT2D eigenvalue weighted by molar-refractivity contribution is 0.0633. The number of ether oxygens (including phenoxy) is 1. The number of amidine groups is 1. The lowest BCUT2D eigenvalue weighted by atomic mass is 9.98. The van der Waals surface area contributed by atoms with E-state index in [1.54, 1.807) is 43.6 Å². The van der Waals surface area contributed by atoms with Crippen LogP contribution in [0.15, 0.2) is 40.9 Å². The predicted molar refractivity (Wildman–Crippen MR) is 122 cm³/mol. The average Bonchev–Trinajstić information content (AvgIpc) is 2.76. The highest BCUT2D eigenvalue weighted by molar-refractivity contribution is 8.24. The maximum atomic E-state index is 12.9. The van der Waals surface area contributed by atoms with Crippen molar-refractivity contribution in [1.82, 2.24) is 9.88 Å². The van der Waals surface area contributed by atoms with Gasteiger partial charge in [0.1, 0.15) is 11.6 Å². The van der Waals surface area contributed by atoms with Gasteiger partial charge in [0, 0.05) is 37.8 Å². The Morgan fingerprint density at radius 2 is 2.26 bits per heavy atom. The van der Waals surface area contributed by atoms with Crippen LogP contribution in [0.2, 0.25) is 0 Å². The van der Waals surface area contributed by atoms with Crippen molar-refractivity contribution in [3.8, 4) is 5.75 Å². The van der Waals surface area contributed by atoms with Crippen molar-refractivity contribution >= 4 is 34.2 Å². The van der Waals surface area contributed by atoms with E-state index < -0.39 is 11.0 Å². The quantitative estimate of drug-likeness (QED) is 0.471. The summed E-state index contributed by atoms with van der Waals surface area (Å²) in [7, 11) is -1.58. The second-order valence-corrected chi connectivity index (χ2v) is 8.95. The molecule has 0 saturated carbocycles. The van der Waals surface area contributed by atoms with Gasteiger partial charge in [-0.05, 0) is 48.1 Å². The molecule has 31 heavy (non-hydrogen) atoms. The molecule has 11 heteroatoms. The molecule has 2 aliphatic rings. The van der Waals surface area contributed by atoms with Crippen molar-refractivity contribution in [1.29, 1.82) is 0 Å². The fraction of sp³-hybridized carbons (Fsp3) is 0.350. The molecule has 1 fully saturated rings. The van der Waals surface area contributed by atoms with Crippen LogP contribution in [0, 0.1) is 5.92 Å². The molecule has 10 nitrogen and oxygen atoms in total. The summed E-state index contributed by atoms with van der Waals surface area (Å²) < 4.78 is 31.9. The number of anilines is 2. The summed E-state index contributed by atoms with van der Waals surface area (Å²) in [5, 5.41) is 2.95. The number of rotatable bonds is 5. The van der Waals surface area contributed by atoms with Crippen molar-refractivity contribution in [3.05, 3.63) is 47.7 Å². The molecule has 0 aliphatic carbocycles. The number of amides is 1. The normalized spacial score (nSPS) is 20.7. The van der Waals surface area contributed by atoms with Crippen molar-refractivity contribution in [2.45, 2.75) is 12.8 Å². The molecule has 0 unspecified atom stereocenters.